The Balaban J connectivity index is 2.71. The van der Waals surface area contributed by atoms with Crippen molar-refractivity contribution in [1.29, 1.82) is 0 Å². The summed E-state index contributed by atoms with van der Waals surface area (Å²) in [7, 11) is 1.64. The molecule has 62 valence electrons. The SMILES string of the molecule is COc1cnc2[nH]cc(I)c2c1. The van der Waals surface area contributed by atoms with Crippen LogP contribution in [0.2, 0.25) is 0 Å². The minimum atomic E-state index is 0.792. The maximum absolute atomic E-state index is 5.07. The summed E-state index contributed by atoms with van der Waals surface area (Å²) in [6.45, 7) is 0. The average molecular weight is 274 g/mol. The summed E-state index contributed by atoms with van der Waals surface area (Å²) in [6.07, 6.45) is 3.63. The van der Waals surface area contributed by atoms with E-state index >= 15 is 0 Å². The smallest absolute Gasteiger partial charge is 0.138 e. The summed E-state index contributed by atoms with van der Waals surface area (Å²) < 4.78 is 6.23. The van der Waals surface area contributed by atoms with Gasteiger partial charge in [-0.05, 0) is 28.7 Å². The molecule has 1 N–H and O–H groups in total. The highest BCUT2D eigenvalue weighted by atomic mass is 127. The number of hydrogen-bond donors (Lipinski definition) is 1. The summed E-state index contributed by atoms with van der Waals surface area (Å²) in [5, 5.41) is 1.11. The van der Waals surface area contributed by atoms with Gasteiger partial charge in [0.1, 0.15) is 11.4 Å². The number of H-pyrrole nitrogens is 1. The number of methoxy groups -OCH3 is 1. The van der Waals surface area contributed by atoms with Gasteiger partial charge < -0.3 is 9.72 Å². The fourth-order valence-corrected chi connectivity index (χ4v) is 1.63. The lowest BCUT2D eigenvalue weighted by molar-refractivity contribution is 0.413. The molecule has 2 aromatic rings. The summed E-state index contributed by atoms with van der Waals surface area (Å²) in [6, 6.07) is 1.97. The van der Waals surface area contributed by atoms with Crippen LogP contribution in [-0.2, 0) is 0 Å². The highest BCUT2D eigenvalue weighted by Crippen LogP contribution is 2.22. The van der Waals surface area contributed by atoms with E-state index in [2.05, 4.69) is 32.6 Å². The highest BCUT2D eigenvalue weighted by Gasteiger charge is 2.02. The van der Waals surface area contributed by atoms with Crippen molar-refractivity contribution in [2.75, 3.05) is 7.11 Å². The predicted octanol–water partition coefficient (Wildman–Crippen LogP) is 2.18. The second-order valence-corrected chi connectivity index (χ2v) is 3.57. The summed E-state index contributed by atoms with van der Waals surface area (Å²) in [5.41, 5.74) is 0.903. The molecular weight excluding hydrogens is 267 g/mol. The molecule has 2 rings (SSSR count). The van der Waals surface area contributed by atoms with Gasteiger partial charge in [-0.2, -0.15) is 0 Å². The van der Waals surface area contributed by atoms with Crippen LogP contribution in [0.5, 0.6) is 5.75 Å². The van der Waals surface area contributed by atoms with Crippen LogP contribution in [0, 0.1) is 3.57 Å². The van der Waals surface area contributed by atoms with Gasteiger partial charge in [0.25, 0.3) is 0 Å². The Morgan fingerprint density at radius 1 is 1.58 bits per heavy atom. The van der Waals surface area contributed by atoms with Crippen LogP contribution in [0.4, 0.5) is 0 Å². The monoisotopic (exact) mass is 274 g/mol. The van der Waals surface area contributed by atoms with Crippen molar-refractivity contribution in [3.8, 4) is 5.75 Å². The van der Waals surface area contributed by atoms with Gasteiger partial charge in [0.15, 0.2) is 0 Å². The van der Waals surface area contributed by atoms with Crippen molar-refractivity contribution in [1.82, 2.24) is 9.97 Å². The van der Waals surface area contributed by atoms with E-state index < -0.39 is 0 Å². The first-order valence-electron chi connectivity index (χ1n) is 3.48. The minimum absolute atomic E-state index is 0.792. The van der Waals surface area contributed by atoms with E-state index in [1.165, 1.54) is 0 Å². The van der Waals surface area contributed by atoms with Gasteiger partial charge >= 0.3 is 0 Å². The molecule has 2 aromatic heterocycles. The van der Waals surface area contributed by atoms with Crippen LogP contribution in [-0.4, -0.2) is 17.1 Å². The van der Waals surface area contributed by atoms with Crippen molar-refractivity contribution in [3.63, 3.8) is 0 Å². The summed E-state index contributed by atoms with van der Waals surface area (Å²) in [5.74, 6) is 0.792. The van der Waals surface area contributed by atoms with E-state index in [0.29, 0.717) is 0 Å². The first-order valence-corrected chi connectivity index (χ1v) is 4.56. The quantitative estimate of drug-likeness (QED) is 0.809. The van der Waals surface area contributed by atoms with Crippen LogP contribution in [0.1, 0.15) is 0 Å². The van der Waals surface area contributed by atoms with E-state index in [0.717, 1.165) is 20.4 Å². The van der Waals surface area contributed by atoms with Gasteiger partial charge in [0.2, 0.25) is 0 Å². The van der Waals surface area contributed by atoms with Gasteiger partial charge in [-0.15, -0.1) is 0 Å². The summed E-state index contributed by atoms with van der Waals surface area (Å²) in [4.78, 5) is 7.25. The molecule has 0 radical (unpaired) electrons. The van der Waals surface area contributed by atoms with Gasteiger partial charge in [-0.25, -0.2) is 4.98 Å². The Hall–Kier alpha value is -0.780. The van der Waals surface area contributed by atoms with Crippen LogP contribution < -0.4 is 4.74 Å². The molecule has 0 aliphatic heterocycles. The molecule has 12 heavy (non-hydrogen) atoms. The van der Waals surface area contributed by atoms with Gasteiger partial charge in [0.05, 0.1) is 13.3 Å². The average Bonchev–Trinajstić information content (AvgIpc) is 2.47. The van der Waals surface area contributed by atoms with Gasteiger partial charge in [0, 0.05) is 15.2 Å². The molecule has 0 saturated heterocycles. The van der Waals surface area contributed by atoms with E-state index in [9.17, 15) is 0 Å². The highest BCUT2D eigenvalue weighted by molar-refractivity contribution is 14.1. The number of aromatic nitrogens is 2. The zero-order valence-corrected chi connectivity index (χ0v) is 8.62. The number of fused-ring (bicyclic) bond motifs is 1. The van der Waals surface area contributed by atoms with Crippen LogP contribution >= 0.6 is 22.6 Å². The predicted molar refractivity (Wildman–Crippen MR) is 55.4 cm³/mol. The number of nitrogens with one attached hydrogen (secondary N) is 1. The molecular formula is C8H7IN2O. The maximum Gasteiger partial charge on any atom is 0.138 e. The molecule has 0 unspecified atom stereocenters. The molecule has 4 heteroatoms. The van der Waals surface area contributed by atoms with Crippen LogP contribution in [0.3, 0.4) is 0 Å². The van der Waals surface area contributed by atoms with Crippen molar-refractivity contribution in [2.24, 2.45) is 0 Å². The Kier molecular flexibility index (Phi) is 1.92. The largest absolute Gasteiger partial charge is 0.495 e. The molecule has 0 aliphatic carbocycles. The number of hydrogen-bond acceptors (Lipinski definition) is 2. The third-order valence-electron chi connectivity index (χ3n) is 1.69. The van der Waals surface area contributed by atoms with E-state index in [-0.39, 0.29) is 0 Å². The number of ether oxygens (including phenoxy) is 1. The number of nitrogens with zero attached hydrogens (tertiary/aromatic N) is 1. The first-order chi connectivity index (χ1) is 5.81. The molecule has 0 spiro atoms. The lowest BCUT2D eigenvalue weighted by Crippen LogP contribution is -1.84. The Labute approximate surface area is 83.3 Å². The second-order valence-electron chi connectivity index (χ2n) is 2.41. The van der Waals surface area contributed by atoms with Gasteiger partial charge in [-0.1, -0.05) is 0 Å². The van der Waals surface area contributed by atoms with E-state index in [4.69, 9.17) is 4.74 Å². The fourth-order valence-electron chi connectivity index (χ4n) is 1.06. The molecule has 0 aliphatic rings. The standard InChI is InChI=1S/C8H7IN2O/c1-12-5-2-6-7(9)4-11-8(6)10-3-5/h2-4H,1H3,(H,10,11). The molecule has 0 bridgehead atoms. The Morgan fingerprint density at radius 3 is 3.17 bits per heavy atom. The number of aromatic amines is 1. The molecule has 2 heterocycles. The number of halogens is 1. The number of rotatable bonds is 1. The Bertz CT molecular complexity index is 410. The molecule has 0 atom stereocenters. The topological polar surface area (TPSA) is 37.9 Å². The number of pyridine rings is 1. The van der Waals surface area contributed by atoms with Crippen LogP contribution in [0.15, 0.2) is 18.5 Å². The maximum atomic E-state index is 5.07. The first kappa shape index (κ1) is 7.85. The van der Waals surface area contributed by atoms with Crippen molar-refractivity contribution in [3.05, 3.63) is 22.0 Å². The normalized spacial score (nSPS) is 10.5. The van der Waals surface area contributed by atoms with Crippen molar-refractivity contribution < 1.29 is 4.74 Å². The molecule has 3 nitrogen and oxygen atoms in total. The van der Waals surface area contributed by atoms with E-state index in [1.54, 1.807) is 13.3 Å². The minimum Gasteiger partial charge on any atom is -0.495 e. The summed E-state index contributed by atoms with van der Waals surface area (Å²) >= 11 is 2.26. The fraction of sp³-hybridized carbons (Fsp3) is 0.125. The van der Waals surface area contributed by atoms with Crippen molar-refractivity contribution >= 4 is 33.6 Å². The van der Waals surface area contributed by atoms with Crippen molar-refractivity contribution in [2.45, 2.75) is 0 Å². The molecule has 0 amide bonds. The third kappa shape index (κ3) is 1.16. The second kappa shape index (κ2) is 2.93. The van der Waals surface area contributed by atoms with E-state index in [1.807, 2.05) is 12.3 Å². The zero-order chi connectivity index (χ0) is 8.55. The lowest BCUT2D eigenvalue weighted by atomic mass is 10.3. The molecule has 0 saturated carbocycles. The molecule has 0 fully saturated rings. The van der Waals surface area contributed by atoms with Crippen LogP contribution in [0.25, 0.3) is 11.0 Å². The van der Waals surface area contributed by atoms with Gasteiger partial charge in [-0.3, -0.25) is 0 Å². The zero-order valence-electron chi connectivity index (χ0n) is 6.47. The third-order valence-corrected chi connectivity index (χ3v) is 2.58. The lowest BCUT2D eigenvalue weighted by Gasteiger charge is -1.97. The Morgan fingerprint density at radius 2 is 2.42 bits per heavy atom. The molecule has 0 aromatic carbocycles.